The number of rotatable bonds is 1. The van der Waals surface area contributed by atoms with Gasteiger partial charge in [-0.2, -0.15) is 13.2 Å². The van der Waals surface area contributed by atoms with E-state index >= 15 is 0 Å². The van der Waals surface area contributed by atoms with E-state index in [1.165, 1.54) is 32.6 Å². The Bertz CT molecular complexity index is 260. The predicted octanol–water partition coefficient (Wildman–Crippen LogP) is 0.687. The molecule has 0 amide bonds. The maximum absolute atomic E-state index is 10.6. The van der Waals surface area contributed by atoms with Crippen molar-refractivity contribution >= 4 is 5.97 Å². The molecule has 2 saturated heterocycles. The van der Waals surface area contributed by atoms with Crippen molar-refractivity contribution in [3.63, 3.8) is 0 Å². The van der Waals surface area contributed by atoms with E-state index in [1.807, 2.05) is 0 Å². The molecule has 0 aromatic rings. The molecule has 0 aromatic heterocycles. The lowest BCUT2D eigenvalue weighted by atomic mass is 9.90. The zero-order valence-corrected chi connectivity index (χ0v) is 8.97. The van der Waals surface area contributed by atoms with Crippen LogP contribution in [0.5, 0.6) is 0 Å². The van der Waals surface area contributed by atoms with E-state index in [9.17, 15) is 13.2 Å². The van der Waals surface area contributed by atoms with E-state index in [4.69, 9.17) is 9.90 Å². The van der Waals surface area contributed by atoms with Crippen LogP contribution in [0.15, 0.2) is 0 Å². The van der Waals surface area contributed by atoms with E-state index in [0.29, 0.717) is 5.54 Å². The summed E-state index contributed by atoms with van der Waals surface area (Å²) in [6.07, 6.45) is -3.67. The lowest BCUT2D eigenvalue weighted by Gasteiger charge is -2.52. The molecule has 2 fully saturated rings. The van der Waals surface area contributed by atoms with Gasteiger partial charge in [0.15, 0.2) is 0 Å². The standard InChI is InChI=1S/C7H14N2.C2HF3O2/c1-7(5-8-6-7)9-3-2-4-9;3-2(4,5)1(6)7/h8H,2-6H2,1H3;(H,6,7). The Labute approximate surface area is 91.4 Å². The van der Waals surface area contributed by atoms with E-state index in [0.717, 1.165) is 0 Å². The van der Waals surface area contributed by atoms with Crippen molar-refractivity contribution in [2.75, 3.05) is 26.2 Å². The first kappa shape index (κ1) is 13.2. The molecule has 0 saturated carbocycles. The van der Waals surface area contributed by atoms with Crippen LogP contribution in [0.3, 0.4) is 0 Å². The molecule has 2 N–H and O–H groups in total. The van der Waals surface area contributed by atoms with Gasteiger partial charge in [-0.1, -0.05) is 0 Å². The number of alkyl halides is 3. The molecular formula is C9H15F3N2O2. The molecule has 0 aromatic carbocycles. The monoisotopic (exact) mass is 240 g/mol. The van der Waals surface area contributed by atoms with Gasteiger partial charge >= 0.3 is 12.1 Å². The van der Waals surface area contributed by atoms with Crippen molar-refractivity contribution in [1.29, 1.82) is 0 Å². The van der Waals surface area contributed by atoms with Crippen molar-refractivity contribution in [1.82, 2.24) is 10.2 Å². The zero-order chi connectivity index (χ0) is 12.4. The second-order valence-electron chi connectivity index (χ2n) is 4.24. The van der Waals surface area contributed by atoms with E-state index in [2.05, 4.69) is 17.1 Å². The fourth-order valence-electron chi connectivity index (χ4n) is 1.57. The smallest absolute Gasteiger partial charge is 0.475 e. The second kappa shape index (κ2) is 4.58. The minimum atomic E-state index is -5.08. The number of nitrogens with zero attached hydrogens (tertiary/aromatic N) is 1. The summed E-state index contributed by atoms with van der Waals surface area (Å²) >= 11 is 0. The average Bonchev–Trinajstić information content (AvgIpc) is 1.97. The first-order chi connectivity index (χ1) is 7.26. The van der Waals surface area contributed by atoms with Crippen LogP contribution in [0, 0.1) is 0 Å². The molecule has 4 nitrogen and oxygen atoms in total. The Balaban J connectivity index is 0.000000168. The third kappa shape index (κ3) is 3.08. The van der Waals surface area contributed by atoms with Crippen molar-refractivity contribution < 1.29 is 23.1 Å². The Kier molecular flexibility index (Phi) is 3.80. The fraction of sp³-hybridized carbons (Fsp3) is 0.889. The summed E-state index contributed by atoms with van der Waals surface area (Å²) in [7, 11) is 0. The topological polar surface area (TPSA) is 52.6 Å². The highest BCUT2D eigenvalue weighted by Gasteiger charge is 2.40. The highest BCUT2D eigenvalue weighted by Crippen LogP contribution is 2.24. The number of nitrogens with one attached hydrogen (secondary N) is 1. The number of carbonyl (C=O) groups is 1. The van der Waals surface area contributed by atoms with Crippen molar-refractivity contribution in [3.05, 3.63) is 0 Å². The summed E-state index contributed by atoms with van der Waals surface area (Å²) < 4.78 is 31.7. The molecular weight excluding hydrogens is 225 g/mol. The van der Waals surface area contributed by atoms with Crippen LogP contribution < -0.4 is 5.32 Å². The second-order valence-corrected chi connectivity index (χ2v) is 4.24. The molecule has 2 heterocycles. The van der Waals surface area contributed by atoms with Gasteiger partial charge in [-0.15, -0.1) is 0 Å². The van der Waals surface area contributed by atoms with Crippen molar-refractivity contribution in [3.8, 4) is 0 Å². The number of likely N-dealkylation sites (tertiary alicyclic amines) is 1. The highest BCUT2D eigenvalue weighted by molar-refractivity contribution is 5.73. The summed E-state index contributed by atoms with van der Waals surface area (Å²) in [6, 6.07) is 0. The van der Waals surface area contributed by atoms with Gasteiger partial charge in [-0.05, 0) is 26.4 Å². The first-order valence-corrected chi connectivity index (χ1v) is 5.01. The Morgan fingerprint density at radius 2 is 1.81 bits per heavy atom. The number of carboxylic acid groups (broad SMARTS) is 1. The number of hydrogen-bond donors (Lipinski definition) is 2. The van der Waals surface area contributed by atoms with Crippen LogP contribution in [0.1, 0.15) is 13.3 Å². The van der Waals surface area contributed by atoms with Gasteiger partial charge in [-0.3, -0.25) is 4.90 Å². The molecule has 2 aliphatic rings. The van der Waals surface area contributed by atoms with Crippen LogP contribution in [-0.2, 0) is 4.79 Å². The molecule has 0 atom stereocenters. The SMILES string of the molecule is CC1(N2CCC2)CNC1.O=C(O)C(F)(F)F. The first-order valence-electron chi connectivity index (χ1n) is 5.01. The Hall–Kier alpha value is -0.820. The largest absolute Gasteiger partial charge is 0.490 e. The lowest BCUT2D eigenvalue weighted by molar-refractivity contribution is -0.192. The molecule has 2 aliphatic heterocycles. The molecule has 0 bridgehead atoms. The van der Waals surface area contributed by atoms with Crippen LogP contribution in [0.25, 0.3) is 0 Å². The van der Waals surface area contributed by atoms with Gasteiger partial charge in [0.05, 0.1) is 0 Å². The molecule has 7 heteroatoms. The summed E-state index contributed by atoms with van der Waals surface area (Å²) in [5.41, 5.74) is 0.540. The van der Waals surface area contributed by atoms with Gasteiger partial charge in [0, 0.05) is 18.6 Å². The minimum Gasteiger partial charge on any atom is -0.475 e. The number of halogens is 3. The van der Waals surface area contributed by atoms with Crippen molar-refractivity contribution in [2.45, 2.75) is 25.1 Å². The van der Waals surface area contributed by atoms with Crippen molar-refractivity contribution in [2.24, 2.45) is 0 Å². The van der Waals surface area contributed by atoms with E-state index in [-0.39, 0.29) is 0 Å². The summed E-state index contributed by atoms with van der Waals surface area (Å²) in [6.45, 7) is 7.42. The van der Waals surface area contributed by atoms with Crippen LogP contribution in [0.4, 0.5) is 13.2 Å². The highest BCUT2D eigenvalue weighted by atomic mass is 19.4. The Morgan fingerprint density at radius 1 is 1.38 bits per heavy atom. The van der Waals surface area contributed by atoms with Crippen LogP contribution in [-0.4, -0.2) is 53.9 Å². The van der Waals surface area contributed by atoms with Gasteiger partial charge in [0.2, 0.25) is 0 Å². The molecule has 0 radical (unpaired) electrons. The number of carboxylic acids is 1. The summed E-state index contributed by atoms with van der Waals surface area (Å²) in [5.74, 6) is -2.76. The molecule has 16 heavy (non-hydrogen) atoms. The quantitative estimate of drug-likeness (QED) is 0.708. The third-order valence-corrected chi connectivity index (χ3v) is 2.87. The summed E-state index contributed by atoms with van der Waals surface area (Å²) in [5, 5.41) is 10.4. The minimum absolute atomic E-state index is 0.540. The maximum atomic E-state index is 10.6. The molecule has 94 valence electrons. The molecule has 2 rings (SSSR count). The van der Waals surface area contributed by atoms with Gasteiger partial charge < -0.3 is 10.4 Å². The normalized spacial score (nSPS) is 23.5. The molecule has 0 aliphatic carbocycles. The maximum Gasteiger partial charge on any atom is 0.490 e. The van der Waals surface area contributed by atoms with E-state index < -0.39 is 12.1 Å². The fourth-order valence-corrected chi connectivity index (χ4v) is 1.57. The van der Waals surface area contributed by atoms with Gasteiger partial charge in [0.25, 0.3) is 0 Å². The zero-order valence-electron chi connectivity index (χ0n) is 8.97. The predicted molar refractivity (Wildman–Crippen MR) is 51.2 cm³/mol. The summed E-state index contributed by atoms with van der Waals surface area (Å²) in [4.78, 5) is 11.5. The Morgan fingerprint density at radius 3 is 1.88 bits per heavy atom. The van der Waals surface area contributed by atoms with E-state index in [1.54, 1.807) is 0 Å². The van der Waals surface area contributed by atoms with Gasteiger partial charge in [-0.25, -0.2) is 4.79 Å². The average molecular weight is 240 g/mol. The third-order valence-electron chi connectivity index (χ3n) is 2.87. The number of hydrogen-bond acceptors (Lipinski definition) is 3. The lowest BCUT2D eigenvalue weighted by Crippen LogP contribution is -2.70. The van der Waals surface area contributed by atoms with Crippen LogP contribution in [0.2, 0.25) is 0 Å². The molecule has 0 spiro atoms. The molecule has 0 unspecified atom stereocenters. The van der Waals surface area contributed by atoms with Crippen LogP contribution >= 0.6 is 0 Å². The van der Waals surface area contributed by atoms with Gasteiger partial charge in [0.1, 0.15) is 0 Å². The number of aliphatic carboxylic acids is 1.